The molecule has 0 atom stereocenters. The summed E-state index contributed by atoms with van der Waals surface area (Å²) in [6.45, 7) is 4.19. The van der Waals surface area contributed by atoms with Crippen LogP contribution >= 0.6 is 0 Å². The molecule has 7 heteroatoms. The highest BCUT2D eigenvalue weighted by molar-refractivity contribution is 5.96. The minimum Gasteiger partial charge on any atom is -0.376 e. The largest absolute Gasteiger partial charge is 0.376 e. The van der Waals surface area contributed by atoms with E-state index in [1.165, 1.54) is 0 Å². The second kappa shape index (κ2) is 11.5. The third-order valence-electron chi connectivity index (χ3n) is 4.86. The molecule has 3 aromatic carbocycles. The second-order valence-corrected chi connectivity index (χ2v) is 7.87. The van der Waals surface area contributed by atoms with E-state index in [4.69, 9.17) is 0 Å². The van der Waals surface area contributed by atoms with E-state index in [9.17, 15) is 14.4 Å². The summed E-state index contributed by atoms with van der Waals surface area (Å²) >= 11 is 0. The summed E-state index contributed by atoms with van der Waals surface area (Å²) in [5, 5.41) is 11.5. The number of benzene rings is 3. The lowest BCUT2D eigenvalue weighted by Gasteiger charge is -2.10. The molecule has 0 fully saturated rings. The molecule has 0 aliphatic heterocycles. The Morgan fingerprint density at radius 2 is 1.30 bits per heavy atom. The molecule has 7 nitrogen and oxygen atoms in total. The first kappa shape index (κ1) is 23.5. The van der Waals surface area contributed by atoms with Gasteiger partial charge in [-0.05, 0) is 54.1 Å². The van der Waals surface area contributed by atoms with E-state index in [1.807, 2.05) is 44.2 Å². The molecule has 0 saturated heterocycles. The Morgan fingerprint density at radius 3 is 1.91 bits per heavy atom. The molecule has 0 heterocycles. The molecule has 0 aromatic heterocycles. The van der Waals surface area contributed by atoms with Crippen LogP contribution in [0.4, 0.5) is 17.1 Å². The van der Waals surface area contributed by atoms with Crippen molar-refractivity contribution in [1.29, 1.82) is 0 Å². The third-order valence-corrected chi connectivity index (χ3v) is 4.86. The number of carbonyl (C=O) groups is 3. The van der Waals surface area contributed by atoms with Crippen molar-refractivity contribution >= 4 is 34.8 Å². The summed E-state index contributed by atoms with van der Waals surface area (Å²) in [5.74, 6) is -0.529. The van der Waals surface area contributed by atoms with E-state index < -0.39 is 0 Å². The molecule has 33 heavy (non-hydrogen) atoms. The molecule has 0 saturated carbocycles. The van der Waals surface area contributed by atoms with Crippen LogP contribution in [0.2, 0.25) is 0 Å². The van der Waals surface area contributed by atoms with E-state index in [0.29, 0.717) is 23.5 Å². The van der Waals surface area contributed by atoms with Gasteiger partial charge in [0, 0.05) is 35.1 Å². The Bertz CT molecular complexity index is 1080. The van der Waals surface area contributed by atoms with Crippen molar-refractivity contribution in [3.63, 3.8) is 0 Å². The van der Waals surface area contributed by atoms with Crippen molar-refractivity contribution in [3.8, 4) is 0 Å². The van der Waals surface area contributed by atoms with Gasteiger partial charge in [0.05, 0.1) is 6.54 Å². The van der Waals surface area contributed by atoms with Crippen LogP contribution in [0, 0.1) is 5.92 Å². The van der Waals surface area contributed by atoms with Crippen LogP contribution < -0.4 is 21.3 Å². The molecule has 0 unspecified atom stereocenters. The van der Waals surface area contributed by atoms with Gasteiger partial charge in [-0.25, -0.2) is 0 Å². The summed E-state index contributed by atoms with van der Waals surface area (Å²) in [7, 11) is 0. The standard InChI is InChI=1S/C26H28N4O3/c1-18(2)25(32)30-23-14-12-22(13-15-23)29-24(31)17-27-21-10-8-20(9-11-21)26(33)28-16-19-6-4-3-5-7-19/h3-15,18,27H,16-17H2,1-2H3,(H,28,33)(H,29,31)(H,30,32). The molecule has 0 spiro atoms. The van der Waals surface area contributed by atoms with E-state index >= 15 is 0 Å². The maximum Gasteiger partial charge on any atom is 0.251 e. The number of anilines is 3. The van der Waals surface area contributed by atoms with Gasteiger partial charge in [0.2, 0.25) is 11.8 Å². The molecule has 170 valence electrons. The maximum atomic E-state index is 12.3. The van der Waals surface area contributed by atoms with Crippen LogP contribution in [-0.2, 0) is 16.1 Å². The number of rotatable bonds is 9. The molecule has 3 aromatic rings. The first-order chi connectivity index (χ1) is 15.9. The lowest BCUT2D eigenvalue weighted by molar-refractivity contribution is -0.119. The minimum atomic E-state index is -0.210. The number of nitrogens with one attached hydrogen (secondary N) is 4. The number of amides is 3. The zero-order valence-electron chi connectivity index (χ0n) is 18.7. The SMILES string of the molecule is CC(C)C(=O)Nc1ccc(NC(=O)CNc2ccc(C(=O)NCc3ccccc3)cc2)cc1. The Balaban J connectivity index is 1.43. The van der Waals surface area contributed by atoms with Gasteiger partial charge in [0.15, 0.2) is 0 Å². The van der Waals surface area contributed by atoms with Crippen LogP contribution in [0.15, 0.2) is 78.9 Å². The van der Waals surface area contributed by atoms with Gasteiger partial charge in [-0.3, -0.25) is 14.4 Å². The third kappa shape index (κ3) is 7.50. The van der Waals surface area contributed by atoms with Gasteiger partial charge in [-0.15, -0.1) is 0 Å². The fraction of sp³-hybridized carbons (Fsp3) is 0.192. The number of carbonyl (C=O) groups excluding carboxylic acids is 3. The molecular formula is C26H28N4O3. The summed E-state index contributed by atoms with van der Waals surface area (Å²) in [6.07, 6.45) is 0. The van der Waals surface area contributed by atoms with Gasteiger partial charge < -0.3 is 21.3 Å². The first-order valence-electron chi connectivity index (χ1n) is 10.8. The monoisotopic (exact) mass is 444 g/mol. The van der Waals surface area contributed by atoms with Gasteiger partial charge in [0.25, 0.3) is 5.91 Å². The van der Waals surface area contributed by atoms with Crippen LogP contribution in [0.1, 0.15) is 29.8 Å². The van der Waals surface area contributed by atoms with E-state index in [0.717, 1.165) is 11.3 Å². The first-order valence-corrected chi connectivity index (χ1v) is 10.8. The predicted octanol–water partition coefficient (Wildman–Crippen LogP) is 4.26. The fourth-order valence-electron chi connectivity index (χ4n) is 2.93. The molecule has 0 bridgehead atoms. The van der Waals surface area contributed by atoms with Crippen LogP contribution in [-0.4, -0.2) is 24.3 Å². The van der Waals surface area contributed by atoms with Crippen molar-refractivity contribution in [3.05, 3.63) is 90.0 Å². The average molecular weight is 445 g/mol. The smallest absolute Gasteiger partial charge is 0.251 e. The molecular weight excluding hydrogens is 416 g/mol. The molecule has 3 rings (SSSR count). The van der Waals surface area contributed by atoms with Gasteiger partial charge >= 0.3 is 0 Å². The summed E-state index contributed by atoms with van der Waals surface area (Å²) in [6, 6.07) is 23.6. The molecule has 4 N–H and O–H groups in total. The minimum absolute atomic E-state index is 0.0596. The molecule has 0 aliphatic rings. The maximum absolute atomic E-state index is 12.3. The van der Waals surface area contributed by atoms with Gasteiger partial charge in [-0.1, -0.05) is 44.2 Å². The Hall–Kier alpha value is -4.13. The van der Waals surface area contributed by atoms with E-state index in [-0.39, 0.29) is 30.2 Å². The Morgan fingerprint density at radius 1 is 0.727 bits per heavy atom. The van der Waals surface area contributed by atoms with Crippen molar-refractivity contribution in [2.45, 2.75) is 20.4 Å². The predicted molar refractivity (Wildman–Crippen MR) is 131 cm³/mol. The van der Waals surface area contributed by atoms with Crippen molar-refractivity contribution in [2.75, 3.05) is 22.5 Å². The highest BCUT2D eigenvalue weighted by atomic mass is 16.2. The summed E-state index contributed by atoms with van der Waals surface area (Å²) < 4.78 is 0. The lowest BCUT2D eigenvalue weighted by Crippen LogP contribution is -2.23. The lowest BCUT2D eigenvalue weighted by atomic mass is 10.1. The Kier molecular flexibility index (Phi) is 8.18. The van der Waals surface area contributed by atoms with Crippen LogP contribution in [0.25, 0.3) is 0 Å². The number of hydrogen-bond acceptors (Lipinski definition) is 4. The molecule has 3 amide bonds. The molecule has 0 radical (unpaired) electrons. The Labute approximate surface area is 193 Å². The van der Waals surface area contributed by atoms with Crippen LogP contribution in [0.3, 0.4) is 0 Å². The van der Waals surface area contributed by atoms with Crippen LogP contribution in [0.5, 0.6) is 0 Å². The topological polar surface area (TPSA) is 99.3 Å². The second-order valence-electron chi connectivity index (χ2n) is 7.87. The number of hydrogen-bond donors (Lipinski definition) is 4. The van der Waals surface area contributed by atoms with E-state index in [2.05, 4.69) is 21.3 Å². The fourth-order valence-corrected chi connectivity index (χ4v) is 2.93. The van der Waals surface area contributed by atoms with Crippen molar-refractivity contribution in [2.24, 2.45) is 5.92 Å². The summed E-state index contributed by atoms with van der Waals surface area (Å²) in [5.41, 5.74) is 3.62. The highest BCUT2D eigenvalue weighted by Gasteiger charge is 2.08. The highest BCUT2D eigenvalue weighted by Crippen LogP contribution is 2.15. The van der Waals surface area contributed by atoms with Gasteiger partial charge in [-0.2, -0.15) is 0 Å². The zero-order valence-corrected chi connectivity index (χ0v) is 18.7. The normalized spacial score (nSPS) is 10.4. The molecule has 0 aliphatic carbocycles. The van der Waals surface area contributed by atoms with Crippen molar-refractivity contribution < 1.29 is 14.4 Å². The van der Waals surface area contributed by atoms with E-state index in [1.54, 1.807) is 48.5 Å². The average Bonchev–Trinajstić information content (AvgIpc) is 2.83. The quantitative estimate of drug-likeness (QED) is 0.396. The van der Waals surface area contributed by atoms with Crippen molar-refractivity contribution in [1.82, 2.24) is 5.32 Å². The zero-order chi connectivity index (χ0) is 23.6. The summed E-state index contributed by atoms with van der Waals surface area (Å²) in [4.78, 5) is 36.3. The van der Waals surface area contributed by atoms with Gasteiger partial charge in [0.1, 0.15) is 0 Å².